The summed E-state index contributed by atoms with van der Waals surface area (Å²) in [4.78, 5) is 61.5. The third-order valence-electron chi connectivity index (χ3n) is 0.682. The van der Waals surface area contributed by atoms with Gasteiger partial charge in [-0.15, -0.1) is 0 Å². The minimum absolute atomic E-state index is 0. The number of hydrogen-bond acceptors (Lipinski definition) is 10. The summed E-state index contributed by atoms with van der Waals surface area (Å²) in [5.74, 6) is -0.123. The Morgan fingerprint density at radius 1 is 0.900 bits per heavy atom. The summed E-state index contributed by atoms with van der Waals surface area (Å²) in [5.41, 5.74) is 0. The summed E-state index contributed by atoms with van der Waals surface area (Å²) in [6, 6.07) is 0. The molecule has 15 heteroatoms. The molecule has 0 aromatic heterocycles. The van der Waals surface area contributed by atoms with E-state index < -0.39 is 15.6 Å². The Bertz CT molecular complexity index is 252. The van der Waals surface area contributed by atoms with Crippen LogP contribution in [0.5, 0.6) is 0 Å². The molecule has 0 aromatic carbocycles. The second-order valence-corrected chi connectivity index (χ2v) is 4.01. The van der Waals surface area contributed by atoms with Gasteiger partial charge in [-0.2, -0.15) is 15.6 Å². The van der Waals surface area contributed by atoms with Crippen molar-refractivity contribution in [2.75, 3.05) is 7.11 Å². The minimum Gasteiger partial charge on any atom is -0.822 e. The van der Waals surface area contributed by atoms with Gasteiger partial charge in [0.05, 0.1) is 7.11 Å². The molecule has 0 N–H and O–H groups in total. The number of carbonyl (C=O) groups excluding carboxylic acids is 1. The van der Waals surface area contributed by atoms with Crippen LogP contribution in [-0.4, -0.2) is 13.1 Å². The number of hydrogen-bond donors (Lipinski definition) is 0. The van der Waals surface area contributed by atoms with Gasteiger partial charge < -0.3 is 43.2 Å². The maximum Gasteiger partial charge on any atom is 2.00 e. The minimum atomic E-state index is -5.39. The fourth-order valence-electron chi connectivity index (χ4n) is 0.306. The van der Waals surface area contributed by atoms with E-state index in [-0.39, 0.29) is 64.4 Å². The molecule has 0 aliphatic carbocycles. The van der Waals surface area contributed by atoms with Crippen molar-refractivity contribution in [2.45, 2.75) is 19.8 Å². The van der Waals surface area contributed by atoms with Crippen molar-refractivity contribution >= 4 is 21.6 Å². The van der Waals surface area contributed by atoms with Crippen LogP contribution in [0.2, 0.25) is 0 Å². The number of methoxy groups -OCH3 is 1. The Hall–Kier alpha value is 1.56. The van der Waals surface area contributed by atoms with Gasteiger partial charge in [-0.05, 0) is 6.42 Å². The number of carbonyl (C=O) groups is 1. The van der Waals surface area contributed by atoms with Crippen molar-refractivity contribution in [1.29, 1.82) is 0 Å². The third kappa shape index (κ3) is 157. The summed E-state index contributed by atoms with van der Waals surface area (Å²) in [6.45, 7) is 1.94. The molecule has 0 unspecified atom stereocenters. The Kier molecular flexibility index (Phi) is 38.7. The normalized spacial score (nSPS) is 8.80. The van der Waals surface area contributed by atoms with Crippen LogP contribution in [0.25, 0.3) is 0 Å². The Labute approximate surface area is 154 Å². The Balaban J connectivity index is -0.0000000348. The van der Waals surface area contributed by atoms with Crippen LogP contribution in [-0.2, 0) is 77.1 Å². The summed E-state index contributed by atoms with van der Waals surface area (Å²) in [7, 11) is -9.38. The zero-order valence-corrected chi connectivity index (χ0v) is 21.7. The van der Waals surface area contributed by atoms with Crippen molar-refractivity contribution in [3.63, 3.8) is 0 Å². The SMILES string of the molecule is CCCC(=O)OC.O=P([O-])([O-])[O-].O=P([O-])([O-])[O-].[Zn+2].[Zn+2].[Zn+2]. The predicted octanol–water partition coefficient (Wildman–Crippen LogP) is -4.70. The average molecular weight is 488 g/mol. The molecular weight excluding hydrogens is 478 g/mol. The number of ether oxygens (including phenoxy) is 1. The standard InChI is InChI=1S/C5H10O2.2H3O4P.3Zn/c1-3-4-5(6)7-2;2*1-5(2,3)4;;;/h3-4H2,1-2H3;2*(H3,1,2,3,4);;;/q;;;3*+2/p-6. The number of phosphoric acid groups is 2. The predicted molar refractivity (Wildman–Crippen MR) is 42.1 cm³/mol. The molecule has 0 spiro atoms. The summed E-state index contributed by atoms with van der Waals surface area (Å²) in [5, 5.41) is 0. The van der Waals surface area contributed by atoms with E-state index in [1.165, 1.54) is 7.11 Å². The Morgan fingerprint density at radius 2 is 1.10 bits per heavy atom. The zero-order chi connectivity index (χ0) is 14.7. The van der Waals surface area contributed by atoms with Gasteiger partial charge in [0.15, 0.2) is 0 Å². The van der Waals surface area contributed by atoms with Crippen molar-refractivity contribution < 1.29 is 106 Å². The van der Waals surface area contributed by atoms with Crippen molar-refractivity contribution in [2.24, 2.45) is 0 Å². The molecular formula is C5H10O10P2Zn3. The Morgan fingerprint density at radius 3 is 1.15 bits per heavy atom. The fourth-order valence-corrected chi connectivity index (χ4v) is 0.306. The second-order valence-electron chi connectivity index (χ2n) is 2.22. The molecule has 106 valence electrons. The third-order valence-corrected chi connectivity index (χ3v) is 0.682. The van der Waals surface area contributed by atoms with E-state index in [0.29, 0.717) is 6.42 Å². The molecule has 0 aliphatic heterocycles. The van der Waals surface area contributed by atoms with Crippen LogP contribution in [0.1, 0.15) is 19.8 Å². The topological polar surface area (TPSA) is 199 Å². The maximum atomic E-state index is 10.2. The van der Waals surface area contributed by atoms with Crippen LogP contribution in [0.4, 0.5) is 0 Å². The molecule has 0 fully saturated rings. The largest absolute Gasteiger partial charge is 2.00 e. The van der Waals surface area contributed by atoms with Crippen molar-refractivity contribution in [3.05, 3.63) is 0 Å². The van der Waals surface area contributed by atoms with Gasteiger partial charge in [0.1, 0.15) is 0 Å². The first-order valence-electron chi connectivity index (χ1n) is 3.84. The first-order chi connectivity index (χ1) is 7.31. The van der Waals surface area contributed by atoms with Gasteiger partial charge in [0.25, 0.3) is 0 Å². The van der Waals surface area contributed by atoms with E-state index in [0.717, 1.165) is 6.42 Å². The molecule has 20 heavy (non-hydrogen) atoms. The van der Waals surface area contributed by atoms with Crippen LogP contribution < -0.4 is 29.4 Å². The summed E-state index contributed by atoms with van der Waals surface area (Å²) < 4.78 is 21.4. The second kappa shape index (κ2) is 20.6. The summed E-state index contributed by atoms with van der Waals surface area (Å²) >= 11 is 0. The van der Waals surface area contributed by atoms with E-state index in [2.05, 4.69) is 4.74 Å². The van der Waals surface area contributed by atoms with Crippen LogP contribution in [0, 0.1) is 0 Å². The molecule has 0 bridgehead atoms. The smallest absolute Gasteiger partial charge is 0.822 e. The van der Waals surface area contributed by atoms with E-state index >= 15 is 0 Å². The average Bonchev–Trinajstić information content (AvgIpc) is 1.98. The molecule has 0 amide bonds. The van der Waals surface area contributed by atoms with Gasteiger partial charge in [-0.1, -0.05) is 6.92 Å². The maximum absolute atomic E-state index is 10.2. The molecule has 0 rings (SSSR count). The number of esters is 1. The van der Waals surface area contributed by atoms with Crippen LogP contribution in [0.3, 0.4) is 0 Å². The van der Waals surface area contributed by atoms with Gasteiger partial charge in [0, 0.05) is 6.42 Å². The van der Waals surface area contributed by atoms with E-state index in [9.17, 15) is 4.79 Å². The van der Waals surface area contributed by atoms with Crippen LogP contribution >= 0.6 is 15.6 Å². The van der Waals surface area contributed by atoms with Crippen molar-refractivity contribution in [1.82, 2.24) is 0 Å². The first kappa shape index (κ1) is 37.6. The van der Waals surface area contributed by atoms with Gasteiger partial charge >= 0.3 is 64.4 Å². The van der Waals surface area contributed by atoms with E-state index in [1.54, 1.807) is 0 Å². The van der Waals surface area contributed by atoms with Crippen LogP contribution in [0.15, 0.2) is 0 Å². The molecule has 0 radical (unpaired) electrons. The van der Waals surface area contributed by atoms with Gasteiger partial charge in [-0.25, -0.2) is 0 Å². The van der Waals surface area contributed by atoms with E-state index in [1.807, 2.05) is 6.92 Å². The number of rotatable bonds is 2. The van der Waals surface area contributed by atoms with Gasteiger partial charge in [0.2, 0.25) is 0 Å². The van der Waals surface area contributed by atoms with E-state index in [4.69, 9.17) is 38.5 Å². The molecule has 0 saturated carbocycles. The van der Waals surface area contributed by atoms with Gasteiger partial charge in [-0.3, -0.25) is 4.79 Å². The monoisotopic (exact) mass is 484 g/mol. The fraction of sp³-hybridized carbons (Fsp3) is 0.800. The zero-order valence-electron chi connectivity index (χ0n) is 11.0. The molecule has 0 saturated heterocycles. The molecule has 0 atom stereocenters. The molecule has 0 heterocycles. The molecule has 10 nitrogen and oxygen atoms in total. The molecule has 0 aromatic rings. The molecule has 0 aliphatic rings. The quantitative estimate of drug-likeness (QED) is 0.207. The van der Waals surface area contributed by atoms with Crippen molar-refractivity contribution in [3.8, 4) is 0 Å². The summed E-state index contributed by atoms with van der Waals surface area (Å²) in [6.07, 6.45) is 1.41. The first-order valence-corrected chi connectivity index (χ1v) is 6.76.